The lowest BCUT2D eigenvalue weighted by atomic mass is 10.4. The van der Waals surface area contributed by atoms with Crippen molar-refractivity contribution in [2.45, 2.75) is 6.54 Å². The third-order valence-corrected chi connectivity index (χ3v) is 2.56. The molecule has 6 heteroatoms. The minimum absolute atomic E-state index is 0.0375. The van der Waals surface area contributed by atoms with Gasteiger partial charge in [0, 0.05) is 11.4 Å². The van der Waals surface area contributed by atoms with Crippen LogP contribution in [0.3, 0.4) is 0 Å². The number of amides is 1. The number of primary amides is 1. The molecule has 0 aliphatic rings. The number of carbonyl (C=O) groups is 2. The Labute approximate surface area is 91.1 Å². The maximum absolute atomic E-state index is 10.7. The van der Waals surface area contributed by atoms with Crippen molar-refractivity contribution in [1.82, 2.24) is 4.90 Å². The smallest absolute Gasteiger partial charge is 0.317 e. The molecule has 0 saturated carbocycles. The van der Waals surface area contributed by atoms with Crippen molar-refractivity contribution in [3.05, 3.63) is 22.4 Å². The normalized spacial score (nSPS) is 10.5. The summed E-state index contributed by atoms with van der Waals surface area (Å²) in [6.07, 6.45) is 0. The first-order chi connectivity index (χ1) is 7.08. The summed E-state index contributed by atoms with van der Waals surface area (Å²) in [6, 6.07) is 3.77. The van der Waals surface area contributed by atoms with Gasteiger partial charge in [-0.1, -0.05) is 6.07 Å². The number of hydrogen-bond donors (Lipinski definition) is 2. The number of nitrogens with two attached hydrogens (primary N) is 1. The van der Waals surface area contributed by atoms with E-state index in [2.05, 4.69) is 0 Å². The van der Waals surface area contributed by atoms with Crippen LogP contribution in [-0.4, -0.2) is 35.0 Å². The molecule has 0 unspecified atom stereocenters. The Hall–Kier alpha value is -1.40. The van der Waals surface area contributed by atoms with E-state index in [0.29, 0.717) is 6.54 Å². The summed E-state index contributed by atoms with van der Waals surface area (Å²) >= 11 is 1.52. The van der Waals surface area contributed by atoms with Gasteiger partial charge < -0.3 is 10.8 Å². The molecule has 5 nitrogen and oxygen atoms in total. The number of carboxylic acid groups (broad SMARTS) is 1. The van der Waals surface area contributed by atoms with E-state index in [4.69, 9.17) is 10.8 Å². The summed E-state index contributed by atoms with van der Waals surface area (Å²) in [5, 5.41) is 10.5. The Kier molecular flexibility index (Phi) is 4.26. The third-order valence-electron chi connectivity index (χ3n) is 1.70. The molecule has 0 aromatic carbocycles. The van der Waals surface area contributed by atoms with E-state index in [1.807, 2.05) is 17.5 Å². The lowest BCUT2D eigenvalue weighted by Gasteiger charge is -2.16. The number of aliphatic carboxylic acids is 1. The fourth-order valence-corrected chi connectivity index (χ4v) is 1.95. The molecule has 1 aromatic heterocycles. The maximum atomic E-state index is 10.7. The Morgan fingerprint density at radius 2 is 2.20 bits per heavy atom. The highest BCUT2D eigenvalue weighted by molar-refractivity contribution is 7.09. The van der Waals surface area contributed by atoms with Gasteiger partial charge in [-0.3, -0.25) is 14.5 Å². The first-order valence-electron chi connectivity index (χ1n) is 4.33. The van der Waals surface area contributed by atoms with Gasteiger partial charge in [-0.15, -0.1) is 11.3 Å². The lowest BCUT2D eigenvalue weighted by molar-refractivity contribution is -0.138. The summed E-state index contributed by atoms with van der Waals surface area (Å²) in [6.45, 7) is 0.220. The summed E-state index contributed by atoms with van der Waals surface area (Å²) in [5.41, 5.74) is 5.03. The van der Waals surface area contributed by atoms with Crippen LogP contribution in [0.1, 0.15) is 4.88 Å². The van der Waals surface area contributed by atoms with Crippen LogP contribution < -0.4 is 5.73 Å². The van der Waals surface area contributed by atoms with Crippen molar-refractivity contribution in [1.29, 1.82) is 0 Å². The van der Waals surface area contributed by atoms with E-state index in [9.17, 15) is 9.59 Å². The minimum atomic E-state index is -0.965. The number of nitrogens with zero attached hydrogens (tertiary/aromatic N) is 1. The SMILES string of the molecule is NC(=O)CN(CC(=O)O)Cc1cccs1. The van der Waals surface area contributed by atoms with Gasteiger partial charge in [0.1, 0.15) is 0 Å². The summed E-state index contributed by atoms with van der Waals surface area (Å²) in [7, 11) is 0. The highest BCUT2D eigenvalue weighted by Gasteiger charge is 2.12. The van der Waals surface area contributed by atoms with Gasteiger partial charge >= 0.3 is 5.97 Å². The van der Waals surface area contributed by atoms with Crippen molar-refractivity contribution in [2.75, 3.05) is 13.1 Å². The van der Waals surface area contributed by atoms with Crippen molar-refractivity contribution in [3.63, 3.8) is 0 Å². The number of thiophene rings is 1. The van der Waals surface area contributed by atoms with Gasteiger partial charge in [-0.25, -0.2) is 0 Å². The predicted octanol–water partition coefficient (Wildman–Crippen LogP) is 0.120. The van der Waals surface area contributed by atoms with Gasteiger partial charge in [0.25, 0.3) is 0 Å². The summed E-state index contributed by atoms with van der Waals surface area (Å²) in [5.74, 6) is -1.49. The zero-order valence-corrected chi connectivity index (χ0v) is 8.87. The van der Waals surface area contributed by atoms with Crippen LogP contribution in [0.2, 0.25) is 0 Å². The Bertz CT molecular complexity index is 321. The summed E-state index contributed by atoms with van der Waals surface area (Å²) < 4.78 is 0. The minimum Gasteiger partial charge on any atom is -0.480 e. The van der Waals surface area contributed by atoms with Crippen molar-refractivity contribution < 1.29 is 14.7 Å². The number of rotatable bonds is 6. The second kappa shape index (κ2) is 5.47. The molecule has 3 N–H and O–H groups in total. The molecule has 0 aliphatic carbocycles. The van der Waals surface area contributed by atoms with Crippen LogP contribution in [0.4, 0.5) is 0 Å². The molecule has 1 amide bonds. The quantitative estimate of drug-likeness (QED) is 0.724. The predicted molar refractivity (Wildman–Crippen MR) is 56.4 cm³/mol. The third kappa shape index (κ3) is 4.57. The molecule has 0 saturated heterocycles. The largest absolute Gasteiger partial charge is 0.480 e. The van der Waals surface area contributed by atoms with Crippen LogP contribution in [-0.2, 0) is 16.1 Å². The van der Waals surface area contributed by atoms with Crippen LogP contribution in [0.25, 0.3) is 0 Å². The fourth-order valence-electron chi connectivity index (χ4n) is 1.20. The zero-order valence-electron chi connectivity index (χ0n) is 8.05. The van der Waals surface area contributed by atoms with Crippen molar-refractivity contribution in [3.8, 4) is 0 Å². The second-order valence-electron chi connectivity index (χ2n) is 3.08. The van der Waals surface area contributed by atoms with E-state index >= 15 is 0 Å². The fraction of sp³-hybridized carbons (Fsp3) is 0.333. The van der Waals surface area contributed by atoms with Gasteiger partial charge in [0.05, 0.1) is 13.1 Å². The highest BCUT2D eigenvalue weighted by atomic mass is 32.1. The van der Waals surface area contributed by atoms with Crippen LogP contribution in [0.5, 0.6) is 0 Å². The number of hydrogen-bond acceptors (Lipinski definition) is 4. The van der Waals surface area contributed by atoms with Crippen LogP contribution in [0.15, 0.2) is 17.5 Å². The molecular formula is C9H12N2O3S. The molecule has 0 bridgehead atoms. The number of carboxylic acids is 1. The van der Waals surface area contributed by atoms with Crippen LogP contribution in [0, 0.1) is 0 Å². The number of carbonyl (C=O) groups excluding carboxylic acids is 1. The van der Waals surface area contributed by atoms with E-state index < -0.39 is 11.9 Å². The van der Waals surface area contributed by atoms with E-state index in [-0.39, 0.29) is 13.1 Å². The van der Waals surface area contributed by atoms with Gasteiger partial charge in [0.2, 0.25) is 5.91 Å². The molecule has 0 radical (unpaired) electrons. The monoisotopic (exact) mass is 228 g/mol. The Morgan fingerprint density at radius 1 is 1.47 bits per heavy atom. The first-order valence-corrected chi connectivity index (χ1v) is 5.20. The Balaban J connectivity index is 2.55. The molecule has 1 aromatic rings. The van der Waals surface area contributed by atoms with Gasteiger partial charge in [0.15, 0.2) is 0 Å². The first kappa shape index (κ1) is 11.7. The second-order valence-corrected chi connectivity index (χ2v) is 4.12. The van der Waals surface area contributed by atoms with Gasteiger partial charge in [-0.2, -0.15) is 0 Å². The molecule has 1 rings (SSSR count). The van der Waals surface area contributed by atoms with E-state index in [1.165, 1.54) is 16.2 Å². The zero-order chi connectivity index (χ0) is 11.3. The topological polar surface area (TPSA) is 83.6 Å². The molecule has 0 spiro atoms. The van der Waals surface area contributed by atoms with Crippen molar-refractivity contribution in [2.24, 2.45) is 5.73 Å². The molecule has 1 heterocycles. The lowest BCUT2D eigenvalue weighted by Crippen LogP contribution is -2.36. The average molecular weight is 228 g/mol. The molecule has 15 heavy (non-hydrogen) atoms. The molecule has 0 fully saturated rings. The van der Waals surface area contributed by atoms with Crippen LogP contribution >= 0.6 is 11.3 Å². The molecular weight excluding hydrogens is 216 g/mol. The molecule has 0 atom stereocenters. The maximum Gasteiger partial charge on any atom is 0.317 e. The standard InChI is InChI=1S/C9H12N2O3S/c10-8(12)5-11(6-9(13)14)4-7-2-1-3-15-7/h1-3H,4-6H2,(H2,10,12)(H,13,14). The van der Waals surface area contributed by atoms with E-state index in [0.717, 1.165) is 4.88 Å². The Morgan fingerprint density at radius 3 is 2.67 bits per heavy atom. The molecule has 0 aliphatic heterocycles. The van der Waals surface area contributed by atoms with Crippen molar-refractivity contribution >= 4 is 23.2 Å². The average Bonchev–Trinajstić information content (AvgIpc) is 2.53. The van der Waals surface area contributed by atoms with E-state index in [1.54, 1.807) is 0 Å². The highest BCUT2D eigenvalue weighted by Crippen LogP contribution is 2.11. The van der Waals surface area contributed by atoms with Gasteiger partial charge in [-0.05, 0) is 11.4 Å². The summed E-state index contributed by atoms with van der Waals surface area (Å²) in [4.78, 5) is 23.7. The molecule has 82 valence electrons.